The number of methoxy groups -OCH3 is 1. The fourth-order valence-corrected chi connectivity index (χ4v) is 2.74. The largest absolute Gasteiger partial charge is 0.378 e. The Balaban J connectivity index is 1.79. The number of carbonyl (C=O) groups is 2. The highest BCUT2D eigenvalue weighted by atomic mass is 16.5. The van der Waals surface area contributed by atoms with E-state index in [1.165, 1.54) is 4.90 Å². The van der Waals surface area contributed by atoms with Crippen LogP contribution in [0.15, 0.2) is 0 Å². The summed E-state index contributed by atoms with van der Waals surface area (Å²) in [6.07, 6.45) is 3.38. The highest BCUT2D eigenvalue weighted by molar-refractivity contribution is 5.85. The topological polar surface area (TPSA) is 61.9 Å². The van der Waals surface area contributed by atoms with Gasteiger partial charge in [0, 0.05) is 40.3 Å². The number of ether oxygens (including phenoxy) is 1. The van der Waals surface area contributed by atoms with Crippen molar-refractivity contribution < 1.29 is 14.3 Å². The maximum atomic E-state index is 12.2. The molecule has 6 nitrogen and oxygen atoms in total. The summed E-state index contributed by atoms with van der Waals surface area (Å²) in [5.74, 6) is 0.0254. The van der Waals surface area contributed by atoms with E-state index in [9.17, 15) is 9.59 Å². The molecule has 0 radical (unpaired) electrons. The molecule has 0 bridgehead atoms. The highest BCUT2D eigenvalue weighted by Gasteiger charge is 2.39. The summed E-state index contributed by atoms with van der Waals surface area (Å²) in [4.78, 5) is 27.6. The molecular formula is C14H25N3O3. The zero-order chi connectivity index (χ0) is 14.6. The molecule has 0 aromatic carbocycles. The summed E-state index contributed by atoms with van der Waals surface area (Å²) in [6, 6.07) is 0. The Morgan fingerprint density at radius 3 is 2.45 bits per heavy atom. The summed E-state index contributed by atoms with van der Waals surface area (Å²) < 4.78 is 5.46. The third kappa shape index (κ3) is 3.49. The van der Waals surface area contributed by atoms with E-state index in [0.717, 1.165) is 45.4 Å². The Morgan fingerprint density at radius 1 is 1.30 bits per heavy atom. The summed E-state index contributed by atoms with van der Waals surface area (Å²) >= 11 is 0. The van der Waals surface area contributed by atoms with Gasteiger partial charge in [0.05, 0.1) is 18.6 Å². The minimum absolute atomic E-state index is 0.00460. The molecule has 2 fully saturated rings. The molecular weight excluding hydrogens is 258 g/mol. The average molecular weight is 283 g/mol. The number of nitrogens with one attached hydrogen (secondary N) is 1. The first kappa shape index (κ1) is 15.3. The normalized spacial score (nSPS) is 21.2. The number of hydrogen-bond donors (Lipinski definition) is 1. The second kappa shape index (κ2) is 6.54. The molecule has 1 heterocycles. The maximum Gasteiger partial charge on any atom is 0.242 e. The minimum Gasteiger partial charge on any atom is -0.378 e. The van der Waals surface area contributed by atoms with Crippen molar-refractivity contribution in [2.45, 2.75) is 31.3 Å². The second-order valence-corrected chi connectivity index (χ2v) is 5.80. The van der Waals surface area contributed by atoms with Gasteiger partial charge in [-0.05, 0) is 19.3 Å². The number of piperazine rings is 1. The summed E-state index contributed by atoms with van der Waals surface area (Å²) in [5.41, 5.74) is -0.274. The molecule has 1 aliphatic heterocycles. The first-order valence-corrected chi connectivity index (χ1v) is 7.34. The lowest BCUT2D eigenvalue weighted by Crippen LogP contribution is -2.51. The van der Waals surface area contributed by atoms with E-state index >= 15 is 0 Å². The van der Waals surface area contributed by atoms with E-state index < -0.39 is 0 Å². The molecule has 2 amide bonds. The van der Waals surface area contributed by atoms with Gasteiger partial charge in [-0.25, -0.2) is 0 Å². The Bertz CT molecular complexity index is 357. The fraction of sp³-hybridized carbons (Fsp3) is 0.857. The van der Waals surface area contributed by atoms with E-state index in [4.69, 9.17) is 4.74 Å². The van der Waals surface area contributed by atoms with Crippen molar-refractivity contribution in [3.8, 4) is 0 Å². The zero-order valence-corrected chi connectivity index (χ0v) is 12.5. The van der Waals surface area contributed by atoms with Crippen LogP contribution in [0.5, 0.6) is 0 Å². The van der Waals surface area contributed by atoms with Gasteiger partial charge in [-0.2, -0.15) is 0 Å². The number of rotatable bonds is 5. The predicted molar refractivity (Wildman–Crippen MR) is 75.3 cm³/mol. The lowest BCUT2D eigenvalue weighted by Gasteiger charge is -2.40. The van der Waals surface area contributed by atoms with Crippen molar-refractivity contribution >= 4 is 11.8 Å². The van der Waals surface area contributed by atoms with Crippen molar-refractivity contribution in [1.82, 2.24) is 15.1 Å². The van der Waals surface area contributed by atoms with Gasteiger partial charge in [0.15, 0.2) is 0 Å². The van der Waals surface area contributed by atoms with E-state index in [-0.39, 0.29) is 24.0 Å². The Labute approximate surface area is 120 Å². The molecule has 0 aromatic rings. The van der Waals surface area contributed by atoms with Crippen LogP contribution in [-0.4, -0.2) is 74.1 Å². The average Bonchev–Trinajstić information content (AvgIpc) is 2.43. The van der Waals surface area contributed by atoms with Gasteiger partial charge in [0.2, 0.25) is 11.8 Å². The molecule has 1 saturated heterocycles. The highest BCUT2D eigenvalue weighted by Crippen LogP contribution is 2.38. The Morgan fingerprint density at radius 2 is 1.95 bits per heavy atom. The predicted octanol–water partition coefficient (Wildman–Crippen LogP) is -0.164. The Kier molecular flexibility index (Phi) is 4.99. The number of amides is 2. The van der Waals surface area contributed by atoms with Crippen LogP contribution in [0.2, 0.25) is 0 Å². The number of likely N-dealkylation sites (N-methyl/N-ethyl adjacent to an activating group) is 1. The van der Waals surface area contributed by atoms with Crippen LogP contribution in [0.25, 0.3) is 0 Å². The molecule has 0 unspecified atom stereocenters. The van der Waals surface area contributed by atoms with Crippen LogP contribution in [0.1, 0.15) is 25.7 Å². The van der Waals surface area contributed by atoms with Gasteiger partial charge in [-0.3, -0.25) is 9.59 Å². The zero-order valence-electron chi connectivity index (χ0n) is 12.5. The third-order valence-electron chi connectivity index (χ3n) is 4.44. The standard InChI is InChI=1S/C14H25N3O3/c1-16(11-13(19)17-8-6-15-7-9-17)12(18)10-14(20-2)4-3-5-14/h15H,3-11H2,1-2H3. The van der Waals surface area contributed by atoms with Crippen molar-refractivity contribution in [3.05, 3.63) is 0 Å². The molecule has 114 valence electrons. The van der Waals surface area contributed by atoms with Crippen LogP contribution in [-0.2, 0) is 14.3 Å². The first-order chi connectivity index (χ1) is 9.56. The lowest BCUT2D eigenvalue weighted by atomic mass is 9.77. The number of hydrogen-bond acceptors (Lipinski definition) is 4. The van der Waals surface area contributed by atoms with E-state index in [2.05, 4.69) is 5.32 Å². The first-order valence-electron chi connectivity index (χ1n) is 7.34. The van der Waals surface area contributed by atoms with Gasteiger partial charge in [0.25, 0.3) is 0 Å². The van der Waals surface area contributed by atoms with E-state index in [1.807, 2.05) is 4.90 Å². The lowest BCUT2D eigenvalue weighted by molar-refractivity contribution is -0.147. The van der Waals surface area contributed by atoms with E-state index in [1.54, 1.807) is 14.2 Å². The van der Waals surface area contributed by atoms with Gasteiger partial charge >= 0.3 is 0 Å². The van der Waals surface area contributed by atoms with Crippen molar-refractivity contribution in [1.29, 1.82) is 0 Å². The molecule has 6 heteroatoms. The van der Waals surface area contributed by atoms with Crippen LogP contribution < -0.4 is 5.32 Å². The summed E-state index contributed by atoms with van der Waals surface area (Å²) in [5, 5.41) is 3.21. The van der Waals surface area contributed by atoms with Crippen LogP contribution in [0.3, 0.4) is 0 Å². The van der Waals surface area contributed by atoms with Crippen LogP contribution >= 0.6 is 0 Å². The van der Waals surface area contributed by atoms with Crippen LogP contribution in [0, 0.1) is 0 Å². The number of carbonyl (C=O) groups excluding carboxylic acids is 2. The SMILES string of the molecule is COC1(CC(=O)N(C)CC(=O)N2CCNCC2)CCC1. The van der Waals surface area contributed by atoms with Crippen LogP contribution in [0.4, 0.5) is 0 Å². The monoisotopic (exact) mass is 283 g/mol. The third-order valence-corrected chi connectivity index (χ3v) is 4.44. The summed E-state index contributed by atoms with van der Waals surface area (Å²) in [7, 11) is 3.36. The van der Waals surface area contributed by atoms with E-state index in [0.29, 0.717) is 6.42 Å². The van der Waals surface area contributed by atoms with Gasteiger partial charge < -0.3 is 19.9 Å². The fourth-order valence-electron chi connectivity index (χ4n) is 2.74. The molecule has 0 spiro atoms. The summed E-state index contributed by atoms with van der Waals surface area (Å²) in [6.45, 7) is 3.27. The minimum atomic E-state index is -0.274. The molecule has 1 N–H and O–H groups in total. The smallest absolute Gasteiger partial charge is 0.242 e. The number of nitrogens with zero attached hydrogens (tertiary/aromatic N) is 2. The molecule has 0 aromatic heterocycles. The molecule has 1 saturated carbocycles. The molecule has 20 heavy (non-hydrogen) atoms. The van der Waals surface area contributed by atoms with Crippen molar-refractivity contribution in [3.63, 3.8) is 0 Å². The van der Waals surface area contributed by atoms with Gasteiger partial charge in [-0.1, -0.05) is 0 Å². The van der Waals surface area contributed by atoms with Crippen molar-refractivity contribution in [2.75, 3.05) is 46.9 Å². The molecule has 2 aliphatic rings. The second-order valence-electron chi connectivity index (χ2n) is 5.80. The van der Waals surface area contributed by atoms with Gasteiger partial charge in [-0.15, -0.1) is 0 Å². The molecule has 1 aliphatic carbocycles. The quantitative estimate of drug-likeness (QED) is 0.761. The molecule has 2 rings (SSSR count). The maximum absolute atomic E-state index is 12.2. The van der Waals surface area contributed by atoms with Gasteiger partial charge in [0.1, 0.15) is 0 Å². The van der Waals surface area contributed by atoms with Crippen molar-refractivity contribution in [2.24, 2.45) is 0 Å². The Hall–Kier alpha value is -1.14. The molecule has 0 atom stereocenters.